The Hall–Kier alpha value is -1.76. The van der Waals surface area contributed by atoms with Gasteiger partial charge < -0.3 is 10.0 Å². The molecule has 2 aromatic carbocycles. The average Bonchev–Trinajstić information content (AvgIpc) is 2.73. The molecule has 1 aliphatic heterocycles. The predicted octanol–water partition coefficient (Wildman–Crippen LogP) is 5.41. The van der Waals surface area contributed by atoms with E-state index in [4.69, 9.17) is 11.6 Å². The second-order valence-corrected chi connectivity index (χ2v) is 8.46. The molecule has 30 heavy (non-hydrogen) atoms. The molecule has 0 spiro atoms. The van der Waals surface area contributed by atoms with E-state index in [1.165, 1.54) is 6.07 Å². The SMILES string of the molecule is CCC(O)(c1cccc(C(F)(F)F)c1)C(C)CN1CCN(c2cccc(Cl)c2)CC1. The van der Waals surface area contributed by atoms with E-state index in [-0.39, 0.29) is 5.92 Å². The van der Waals surface area contributed by atoms with Crippen LogP contribution in [0.4, 0.5) is 18.9 Å². The number of piperazine rings is 1. The summed E-state index contributed by atoms with van der Waals surface area (Å²) in [6.07, 6.45) is -4.08. The van der Waals surface area contributed by atoms with Gasteiger partial charge in [-0.05, 0) is 42.3 Å². The molecule has 2 aromatic rings. The lowest BCUT2D eigenvalue weighted by Crippen LogP contribution is -2.50. The number of alkyl halides is 3. The van der Waals surface area contributed by atoms with Gasteiger partial charge in [0.25, 0.3) is 0 Å². The zero-order valence-corrected chi connectivity index (χ0v) is 18.0. The molecule has 0 amide bonds. The van der Waals surface area contributed by atoms with Crippen LogP contribution in [-0.4, -0.2) is 42.7 Å². The molecule has 3 nitrogen and oxygen atoms in total. The fraction of sp³-hybridized carbons (Fsp3) is 0.478. The lowest BCUT2D eigenvalue weighted by atomic mass is 9.79. The standard InChI is InChI=1S/C23H28ClF3N2O/c1-3-22(30,18-6-4-7-19(14-18)23(25,26)27)17(2)16-28-10-12-29(13-11-28)21-9-5-8-20(24)15-21/h4-9,14-15,17,30H,3,10-13,16H2,1-2H3. The van der Waals surface area contributed by atoms with Gasteiger partial charge in [-0.15, -0.1) is 0 Å². The molecule has 2 unspecified atom stereocenters. The maximum absolute atomic E-state index is 13.1. The van der Waals surface area contributed by atoms with Crippen molar-refractivity contribution in [1.82, 2.24) is 4.90 Å². The van der Waals surface area contributed by atoms with Crippen molar-refractivity contribution in [3.8, 4) is 0 Å². The fourth-order valence-electron chi connectivity index (χ4n) is 4.20. The molecule has 1 aliphatic rings. The van der Waals surface area contributed by atoms with Crippen molar-refractivity contribution in [2.24, 2.45) is 5.92 Å². The molecular weight excluding hydrogens is 413 g/mol. The number of nitrogens with zero attached hydrogens (tertiary/aromatic N) is 2. The minimum absolute atomic E-state index is 0.219. The van der Waals surface area contributed by atoms with Crippen LogP contribution in [0.5, 0.6) is 0 Å². The predicted molar refractivity (Wildman–Crippen MR) is 115 cm³/mol. The first-order valence-corrected chi connectivity index (χ1v) is 10.6. The molecule has 1 saturated heterocycles. The quantitative estimate of drug-likeness (QED) is 0.650. The van der Waals surface area contributed by atoms with Crippen LogP contribution in [0.1, 0.15) is 31.4 Å². The van der Waals surface area contributed by atoms with Gasteiger partial charge in [0.2, 0.25) is 0 Å². The minimum atomic E-state index is -4.43. The van der Waals surface area contributed by atoms with Crippen LogP contribution < -0.4 is 4.90 Å². The summed E-state index contributed by atoms with van der Waals surface area (Å²) in [5.74, 6) is -0.219. The van der Waals surface area contributed by atoms with Crippen LogP contribution in [0.2, 0.25) is 5.02 Å². The van der Waals surface area contributed by atoms with E-state index in [1.807, 2.05) is 38.1 Å². The van der Waals surface area contributed by atoms with E-state index in [9.17, 15) is 18.3 Å². The zero-order valence-electron chi connectivity index (χ0n) is 17.3. The lowest BCUT2D eigenvalue weighted by Gasteiger charge is -2.41. The van der Waals surface area contributed by atoms with Crippen molar-refractivity contribution in [2.75, 3.05) is 37.6 Å². The third kappa shape index (κ3) is 5.10. The highest BCUT2D eigenvalue weighted by atomic mass is 35.5. The summed E-state index contributed by atoms with van der Waals surface area (Å²) in [7, 11) is 0. The molecule has 1 heterocycles. The van der Waals surface area contributed by atoms with Gasteiger partial charge in [-0.2, -0.15) is 13.2 Å². The molecule has 1 N–H and O–H groups in total. The van der Waals surface area contributed by atoms with E-state index >= 15 is 0 Å². The van der Waals surface area contributed by atoms with Crippen molar-refractivity contribution in [1.29, 1.82) is 0 Å². The third-order valence-corrected chi connectivity index (χ3v) is 6.36. The van der Waals surface area contributed by atoms with E-state index < -0.39 is 17.3 Å². The van der Waals surface area contributed by atoms with Crippen LogP contribution in [0.15, 0.2) is 48.5 Å². The number of halogens is 4. The van der Waals surface area contributed by atoms with Gasteiger partial charge in [-0.3, -0.25) is 4.90 Å². The van der Waals surface area contributed by atoms with E-state index in [0.717, 1.165) is 44.0 Å². The third-order valence-electron chi connectivity index (χ3n) is 6.12. The Bertz CT molecular complexity index is 852. The Morgan fingerprint density at radius 2 is 1.63 bits per heavy atom. The highest BCUT2D eigenvalue weighted by molar-refractivity contribution is 6.30. The Balaban J connectivity index is 1.66. The van der Waals surface area contributed by atoms with Gasteiger partial charge >= 0.3 is 6.18 Å². The molecule has 164 valence electrons. The molecule has 2 atom stereocenters. The maximum Gasteiger partial charge on any atom is 0.416 e. The number of hydrogen-bond donors (Lipinski definition) is 1. The largest absolute Gasteiger partial charge is 0.416 e. The van der Waals surface area contributed by atoms with Crippen molar-refractivity contribution in [3.63, 3.8) is 0 Å². The van der Waals surface area contributed by atoms with Crippen molar-refractivity contribution < 1.29 is 18.3 Å². The van der Waals surface area contributed by atoms with Crippen LogP contribution in [-0.2, 0) is 11.8 Å². The number of anilines is 1. The monoisotopic (exact) mass is 440 g/mol. The van der Waals surface area contributed by atoms with Crippen LogP contribution in [0, 0.1) is 5.92 Å². The van der Waals surface area contributed by atoms with Crippen LogP contribution in [0.3, 0.4) is 0 Å². The smallest absolute Gasteiger partial charge is 0.385 e. The topological polar surface area (TPSA) is 26.7 Å². The molecule has 0 aromatic heterocycles. The van der Waals surface area contributed by atoms with Gasteiger partial charge in [-0.25, -0.2) is 0 Å². The Kier molecular flexibility index (Phi) is 7.00. The molecule has 3 rings (SSSR count). The first-order chi connectivity index (χ1) is 14.1. The average molecular weight is 441 g/mol. The summed E-state index contributed by atoms with van der Waals surface area (Å²) >= 11 is 6.09. The van der Waals surface area contributed by atoms with E-state index in [0.29, 0.717) is 23.6 Å². The summed E-state index contributed by atoms with van der Waals surface area (Å²) in [5.41, 5.74) is -0.631. The number of aliphatic hydroxyl groups is 1. The van der Waals surface area contributed by atoms with Crippen molar-refractivity contribution >= 4 is 17.3 Å². The first-order valence-electron chi connectivity index (χ1n) is 10.3. The summed E-state index contributed by atoms with van der Waals surface area (Å²) in [5, 5.41) is 12.0. The summed E-state index contributed by atoms with van der Waals surface area (Å²) in [6.45, 7) is 7.64. The Labute approximate surface area is 181 Å². The Morgan fingerprint density at radius 3 is 2.23 bits per heavy atom. The lowest BCUT2D eigenvalue weighted by molar-refractivity contribution is -0.137. The van der Waals surface area contributed by atoms with Crippen LogP contribution >= 0.6 is 11.6 Å². The molecule has 7 heteroatoms. The normalized spacial score (nSPS) is 18.8. The number of rotatable bonds is 6. The number of benzene rings is 2. The van der Waals surface area contributed by atoms with Gasteiger partial charge in [0.1, 0.15) is 0 Å². The molecule has 1 fully saturated rings. The summed E-state index contributed by atoms with van der Waals surface area (Å²) < 4.78 is 39.4. The van der Waals surface area contributed by atoms with E-state index in [2.05, 4.69) is 9.80 Å². The second-order valence-electron chi connectivity index (χ2n) is 8.02. The molecule has 0 radical (unpaired) electrons. The van der Waals surface area contributed by atoms with Crippen LogP contribution in [0.25, 0.3) is 0 Å². The maximum atomic E-state index is 13.1. The van der Waals surface area contributed by atoms with Gasteiger partial charge in [-0.1, -0.05) is 43.6 Å². The zero-order chi connectivity index (χ0) is 21.9. The van der Waals surface area contributed by atoms with Gasteiger partial charge in [0.15, 0.2) is 0 Å². The highest BCUT2D eigenvalue weighted by Gasteiger charge is 2.38. The summed E-state index contributed by atoms with van der Waals surface area (Å²) in [4.78, 5) is 4.53. The Morgan fingerprint density at radius 1 is 1.00 bits per heavy atom. The second kappa shape index (κ2) is 9.16. The van der Waals surface area contributed by atoms with Gasteiger partial charge in [0.05, 0.1) is 11.2 Å². The molecule has 0 bridgehead atoms. The first kappa shape index (κ1) is 22.9. The van der Waals surface area contributed by atoms with Crippen molar-refractivity contribution in [2.45, 2.75) is 32.0 Å². The molecule has 0 aliphatic carbocycles. The highest BCUT2D eigenvalue weighted by Crippen LogP contribution is 2.37. The minimum Gasteiger partial charge on any atom is -0.385 e. The summed E-state index contributed by atoms with van der Waals surface area (Å²) in [6, 6.07) is 12.8. The fourth-order valence-corrected chi connectivity index (χ4v) is 4.39. The van der Waals surface area contributed by atoms with Crippen molar-refractivity contribution in [3.05, 3.63) is 64.7 Å². The van der Waals surface area contributed by atoms with Gasteiger partial charge in [0, 0.05) is 49.4 Å². The number of hydrogen-bond acceptors (Lipinski definition) is 3. The molecular formula is C23H28ClF3N2O. The molecule has 0 saturated carbocycles. The van der Waals surface area contributed by atoms with E-state index in [1.54, 1.807) is 6.07 Å².